The summed E-state index contributed by atoms with van der Waals surface area (Å²) >= 11 is 0. The third-order valence-electron chi connectivity index (χ3n) is 8.78. The second-order valence-electron chi connectivity index (χ2n) is 12.6. The predicted octanol–water partition coefficient (Wildman–Crippen LogP) is 6.67. The molecule has 0 unspecified atom stereocenters. The van der Waals surface area contributed by atoms with E-state index in [2.05, 4.69) is 152 Å². The SMILES string of the molecule is CN(C)Cc1[c-]cccc1.[Cl-].[Fe+2].[Pd+2].c1ccc(P(c2ccccc2)C2CCCC2)cc1.c1ccc(P(c2ccccc2)C2CCCC2)cc1. The van der Waals surface area contributed by atoms with Crippen LogP contribution in [0.3, 0.4) is 0 Å². The number of nitrogens with zero attached hydrogens (tertiary/aromatic N) is 1. The molecule has 0 amide bonds. The summed E-state index contributed by atoms with van der Waals surface area (Å²) in [4.78, 5) is 2.13. The molecular formula is C43H50ClFeNP2Pd+2. The molecule has 0 radical (unpaired) electrons. The summed E-state index contributed by atoms with van der Waals surface area (Å²) in [6.45, 7) is 0.973. The van der Waals surface area contributed by atoms with E-state index in [9.17, 15) is 0 Å². The summed E-state index contributed by atoms with van der Waals surface area (Å²) in [5.74, 6) is 0. The van der Waals surface area contributed by atoms with Gasteiger partial charge in [0.05, 0.1) is 0 Å². The van der Waals surface area contributed by atoms with Crippen LogP contribution in [0.15, 0.2) is 146 Å². The molecule has 2 aliphatic carbocycles. The first-order valence-electron chi connectivity index (χ1n) is 17.1. The molecular weight excluding hydrogens is 790 g/mol. The van der Waals surface area contributed by atoms with Crippen LogP contribution in [0.1, 0.15) is 56.9 Å². The Morgan fingerprint density at radius 1 is 0.510 bits per heavy atom. The van der Waals surface area contributed by atoms with Gasteiger partial charge in [-0.25, -0.2) is 0 Å². The number of hydrogen-bond acceptors (Lipinski definition) is 1. The van der Waals surface area contributed by atoms with Gasteiger partial charge in [0, 0.05) is 6.54 Å². The standard InChI is InChI=1S/2C17H19P.C9H12N.ClH.Fe.Pd/c2*1-3-9-15(10-4-1)18(17-13-7-8-14-17)16-11-5-2-6-12-16;1-10(2)8-9-6-4-3-5-7-9;;;/h2*1-6,9-12,17H,7-8,13-14H2;3-6H,8H2,1-2H3;1H;;/q;;-1;;2*+2/p-1. The fourth-order valence-corrected chi connectivity index (χ4v) is 12.7. The van der Waals surface area contributed by atoms with Crippen molar-refractivity contribution < 1.29 is 49.9 Å². The van der Waals surface area contributed by atoms with Gasteiger partial charge in [-0.1, -0.05) is 147 Å². The van der Waals surface area contributed by atoms with E-state index in [1.807, 2.05) is 18.2 Å². The van der Waals surface area contributed by atoms with E-state index in [-0.39, 0.29) is 65.7 Å². The summed E-state index contributed by atoms with van der Waals surface area (Å²) in [7, 11) is 3.81. The fourth-order valence-electron chi connectivity index (χ4n) is 6.69. The molecule has 7 rings (SSSR count). The first-order chi connectivity index (χ1) is 22.7. The van der Waals surface area contributed by atoms with Gasteiger partial charge in [-0.2, -0.15) is 30.3 Å². The van der Waals surface area contributed by atoms with Crippen LogP contribution < -0.4 is 33.6 Å². The van der Waals surface area contributed by atoms with Gasteiger partial charge in [0.25, 0.3) is 0 Å². The molecule has 0 N–H and O–H groups in total. The molecule has 0 aliphatic heterocycles. The van der Waals surface area contributed by atoms with E-state index >= 15 is 0 Å². The van der Waals surface area contributed by atoms with Crippen molar-refractivity contribution in [2.24, 2.45) is 0 Å². The van der Waals surface area contributed by atoms with E-state index in [1.54, 1.807) is 21.2 Å². The predicted molar refractivity (Wildman–Crippen MR) is 205 cm³/mol. The summed E-state index contributed by atoms with van der Waals surface area (Å²) in [5.41, 5.74) is 3.03. The molecule has 5 aromatic carbocycles. The van der Waals surface area contributed by atoms with Crippen LogP contribution in [-0.4, -0.2) is 30.3 Å². The van der Waals surface area contributed by atoms with E-state index in [4.69, 9.17) is 0 Å². The number of halogens is 1. The number of hydrogen-bond donors (Lipinski definition) is 0. The molecule has 0 atom stereocenters. The quantitative estimate of drug-likeness (QED) is 0.0960. The van der Waals surface area contributed by atoms with Crippen LogP contribution in [0, 0.1) is 6.07 Å². The average Bonchev–Trinajstić information content (AvgIpc) is 3.84. The van der Waals surface area contributed by atoms with Crippen molar-refractivity contribution in [3.63, 3.8) is 0 Å². The molecule has 5 aromatic rings. The normalized spacial score (nSPS) is 14.1. The molecule has 260 valence electrons. The maximum absolute atomic E-state index is 3.16. The van der Waals surface area contributed by atoms with E-state index in [0.29, 0.717) is 0 Å². The number of rotatable bonds is 8. The Labute approximate surface area is 330 Å². The van der Waals surface area contributed by atoms with Gasteiger partial charge in [-0.05, 0) is 88.2 Å². The minimum absolute atomic E-state index is 0. The smallest absolute Gasteiger partial charge is 1.00 e. The maximum Gasteiger partial charge on any atom is 2.00 e. The van der Waals surface area contributed by atoms with Crippen molar-refractivity contribution in [3.05, 3.63) is 157 Å². The maximum atomic E-state index is 3.16. The van der Waals surface area contributed by atoms with Gasteiger partial charge in [0.2, 0.25) is 0 Å². The zero-order valence-corrected chi connectivity index (χ0v) is 34.0. The second-order valence-corrected chi connectivity index (χ2v) is 17.6. The van der Waals surface area contributed by atoms with Crippen molar-refractivity contribution in [1.82, 2.24) is 4.90 Å². The molecule has 2 saturated carbocycles. The van der Waals surface area contributed by atoms with Crippen LogP contribution in [0.5, 0.6) is 0 Å². The summed E-state index contributed by atoms with van der Waals surface area (Å²) < 4.78 is 0. The van der Waals surface area contributed by atoms with E-state index in [1.165, 1.54) is 56.9 Å². The monoisotopic (exact) mass is 839 g/mol. The first-order valence-corrected chi connectivity index (χ1v) is 19.9. The van der Waals surface area contributed by atoms with Crippen LogP contribution in [0.4, 0.5) is 0 Å². The van der Waals surface area contributed by atoms with Gasteiger partial charge in [0.15, 0.2) is 0 Å². The molecule has 0 heterocycles. The van der Waals surface area contributed by atoms with E-state index < -0.39 is 0 Å². The largest absolute Gasteiger partial charge is 2.00 e. The van der Waals surface area contributed by atoms with E-state index in [0.717, 1.165) is 17.9 Å². The Morgan fingerprint density at radius 2 is 0.816 bits per heavy atom. The van der Waals surface area contributed by atoms with Crippen LogP contribution in [0.25, 0.3) is 0 Å². The Kier molecular flexibility index (Phi) is 21.8. The zero-order chi connectivity index (χ0) is 31.8. The van der Waals surface area contributed by atoms with Gasteiger partial charge in [-0.15, -0.1) is 5.56 Å². The molecule has 0 bridgehead atoms. The summed E-state index contributed by atoms with van der Waals surface area (Å²) in [6, 6.07) is 55.7. The molecule has 0 aromatic heterocycles. The number of benzene rings is 5. The first kappa shape index (κ1) is 43.6. The van der Waals surface area contributed by atoms with Crippen LogP contribution in [-0.2, 0) is 44.0 Å². The average molecular weight is 841 g/mol. The van der Waals surface area contributed by atoms with Gasteiger partial charge in [-0.3, -0.25) is 0 Å². The van der Waals surface area contributed by atoms with Crippen molar-refractivity contribution in [2.45, 2.75) is 69.2 Å². The van der Waals surface area contributed by atoms with Crippen molar-refractivity contribution in [2.75, 3.05) is 14.1 Å². The van der Waals surface area contributed by atoms with Crippen molar-refractivity contribution in [1.29, 1.82) is 0 Å². The van der Waals surface area contributed by atoms with Gasteiger partial charge >= 0.3 is 37.5 Å². The molecule has 2 aliphatic rings. The fraction of sp³-hybridized carbons (Fsp3) is 0.302. The Balaban J connectivity index is 0.000000258. The molecule has 2 fully saturated rings. The Hall–Kier alpha value is -1.61. The van der Waals surface area contributed by atoms with Gasteiger partial charge < -0.3 is 17.3 Å². The third-order valence-corrected chi connectivity index (χ3v) is 14.7. The molecule has 0 spiro atoms. The summed E-state index contributed by atoms with van der Waals surface area (Å²) in [6.07, 6.45) is 11.3. The van der Waals surface area contributed by atoms with Crippen molar-refractivity contribution >= 4 is 37.1 Å². The minimum Gasteiger partial charge on any atom is -1.00 e. The van der Waals surface area contributed by atoms with Crippen LogP contribution in [0.2, 0.25) is 0 Å². The molecule has 6 heteroatoms. The Bertz CT molecular complexity index is 1330. The Morgan fingerprint density at radius 3 is 1.08 bits per heavy atom. The zero-order valence-electron chi connectivity index (χ0n) is 28.8. The topological polar surface area (TPSA) is 3.24 Å². The van der Waals surface area contributed by atoms with Gasteiger partial charge in [0.1, 0.15) is 0 Å². The molecule has 49 heavy (non-hydrogen) atoms. The van der Waals surface area contributed by atoms with Crippen molar-refractivity contribution in [3.8, 4) is 0 Å². The minimum atomic E-state index is -0.152. The molecule has 0 saturated heterocycles. The second kappa shape index (κ2) is 24.6. The molecule has 1 nitrogen and oxygen atoms in total. The van der Waals surface area contributed by atoms with Crippen LogP contribution >= 0.6 is 15.8 Å². The summed E-state index contributed by atoms with van der Waals surface area (Å²) in [5, 5.41) is 6.19. The third kappa shape index (κ3) is 14.1.